The lowest BCUT2D eigenvalue weighted by Gasteiger charge is -2.24. The molecule has 0 aliphatic rings. The number of sulfonamides is 1. The highest BCUT2D eigenvalue weighted by Crippen LogP contribution is 2.29. The minimum absolute atomic E-state index is 0.159. The number of hydrogen-bond donors (Lipinski definition) is 1. The molecular weight excluding hydrogens is 330 g/mol. The molecule has 114 valence electrons. The van der Waals surface area contributed by atoms with Crippen molar-refractivity contribution in [3.63, 3.8) is 0 Å². The van der Waals surface area contributed by atoms with Gasteiger partial charge in [-0.1, -0.05) is 23.7 Å². The second kappa shape index (κ2) is 6.46. The number of thiophene rings is 1. The molecular formula is C14H16ClNO3S2. The van der Waals surface area contributed by atoms with Crippen LogP contribution in [0.3, 0.4) is 0 Å². The summed E-state index contributed by atoms with van der Waals surface area (Å²) in [5.74, 6) is 0. The Bertz CT molecular complexity index is 727. The van der Waals surface area contributed by atoms with Gasteiger partial charge in [-0.2, -0.15) is 4.31 Å². The number of aliphatic hydroxyl groups excluding tert-OH is 1. The molecule has 0 saturated carbocycles. The molecule has 1 unspecified atom stereocenters. The third-order valence-corrected chi connectivity index (χ3v) is 6.55. The predicted octanol–water partition coefficient (Wildman–Crippen LogP) is 3.28. The van der Waals surface area contributed by atoms with E-state index in [-0.39, 0.29) is 17.5 Å². The van der Waals surface area contributed by atoms with E-state index in [1.807, 2.05) is 13.0 Å². The van der Waals surface area contributed by atoms with Crippen LogP contribution in [-0.2, 0) is 16.6 Å². The first-order valence-electron chi connectivity index (χ1n) is 6.28. The Hall–Kier alpha value is -0.920. The Labute approximate surface area is 133 Å². The van der Waals surface area contributed by atoms with Crippen molar-refractivity contribution >= 4 is 33.0 Å². The van der Waals surface area contributed by atoms with Gasteiger partial charge in [0.25, 0.3) is 0 Å². The minimum atomic E-state index is -3.60. The zero-order chi connectivity index (χ0) is 15.6. The van der Waals surface area contributed by atoms with Crippen LogP contribution in [0.4, 0.5) is 0 Å². The fourth-order valence-corrected chi connectivity index (χ4v) is 4.60. The Morgan fingerprint density at radius 3 is 2.67 bits per heavy atom. The summed E-state index contributed by atoms with van der Waals surface area (Å²) in [5.41, 5.74) is 0.825. The van der Waals surface area contributed by atoms with Crippen molar-refractivity contribution in [3.8, 4) is 0 Å². The molecule has 7 heteroatoms. The van der Waals surface area contributed by atoms with Crippen molar-refractivity contribution in [2.75, 3.05) is 7.05 Å². The highest BCUT2D eigenvalue weighted by molar-refractivity contribution is 7.89. The summed E-state index contributed by atoms with van der Waals surface area (Å²) in [6, 6.07) is 8.30. The van der Waals surface area contributed by atoms with Gasteiger partial charge in [-0.05, 0) is 30.7 Å². The van der Waals surface area contributed by atoms with Gasteiger partial charge in [-0.25, -0.2) is 8.42 Å². The summed E-state index contributed by atoms with van der Waals surface area (Å²) in [6.45, 7) is 1.65. The molecule has 2 aromatic rings. The van der Waals surface area contributed by atoms with Gasteiger partial charge in [-0.15, -0.1) is 11.3 Å². The second-order valence-corrected chi connectivity index (χ2v) is 8.09. The van der Waals surface area contributed by atoms with Crippen LogP contribution in [0.25, 0.3) is 0 Å². The van der Waals surface area contributed by atoms with Crippen molar-refractivity contribution in [1.29, 1.82) is 0 Å². The number of nitrogens with zero attached hydrogens (tertiary/aromatic N) is 1. The number of aliphatic hydroxyl groups is 1. The average Bonchev–Trinajstić information content (AvgIpc) is 2.95. The topological polar surface area (TPSA) is 57.6 Å². The van der Waals surface area contributed by atoms with Gasteiger partial charge >= 0.3 is 0 Å². The van der Waals surface area contributed by atoms with Gasteiger partial charge in [0.05, 0.1) is 11.5 Å². The summed E-state index contributed by atoms with van der Waals surface area (Å²) in [6.07, 6.45) is 0. The van der Waals surface area contributed by atoms with E-state index < -0.39 is 10.0 Å². The lowest BCUT2D eigenvalue weighted by molar-refractivity contribution is 0.285. The van der Waals surface area contributed by atoms with Gasteiger partial charge < -0.3 is 5.11 Å². The lowest BCUT2D eigenvalue weighted by atomic mass is 10.1. The largest absolute Gasteiger partial charge is 0.391 e. The summed E-state index contributed by atoms with van der Waals surface area (Å²) in [4.78, 5) is 0.824. The van der Waals surface area contributed by atoms with E-state index in [4.69, 9.17) is 16.7 Å². The minimum Gasteiger partial charge on any atom is -0.391 e. The van der Waals surface area contributed by atoms with Gasteiger partial charge in [-0.3, -0.25) is 0 Å². The van der Waals surface area contributed by atoms with E-state index in [0.29, 0.717) is 9.90 Å². The molecule has 0 saturated heterocycles. The fraction of sp³-hybridized carbons (Fsp3) is 0.286. The summed E-state index contributed by atoms with van der Waals surface area (Å²) < 4.78 is 26.5. The molecule has 1 heterocycles. The highest BCUT2D eigenvalue weighted by Gasteiger charge is 2.27. The van der Waals surface area contributed by atoms with Crippen molar-refractivity contribution in [2.24, 2.45) is 0 Å². The molecule has 0 aliphatic heterocycles. The smallest absolute Gasteiger partial charge is 0.244 e. The third kappa shape index (κ3) is 3.46. The van der Waals surface area contributed by atoms with E-state index in [0.717, 1.165) is 5.56 Å². The molecule has 0 spiro atoms. The van der Waals surface area contributed by atoms with Gasteiger partial charge in [0.1, 0.15) is 0 Å². The van der Waals surface area contributed by atoms with Crippen molar-refractivity contribution in [1.82, 2.24) is 4.31 Å². The Morgan fingerprint density at radius 1 is 1.38 bits per heavy atom. The molecule has 0 aliphatic carbocycles. The van der Waals surface area contributed by atoms with Crippen LogP contribution in [0, 0.1) is 0 Å². The zero-order valence-corrected chi connectivity index (χ0v) is 14.0. The number of halogens is 1. The van der Waals surface area contributed by atoms with Crippen LogP contribution in [0.1, 0.15) is 23.4 Å². The fourth-order valence-electron chi connectivity index (χ4n) is 1.93. The molecule has 1 aromatic carbocycles. The molecule has 0 bridgehead atoms. The zero-order valence-electron chi connectivity index (χ0n) is 11.7. The summed E-state index contributed by atoms with van der Waals surface area (Å²) >= 11 is 7.18. The maximum absolute atomic E-state index is 12.6. The van der Waals surface area contributed by atoms with Crippen LogP contribution < -0.4 is 0 Å². The van der Waals surface area contributed by atoms with Crippen LogP contribution in [-0.4, -0.2) is 24.9 Å². The quantitative estimate of drug-likeness (QED) is 0.904. The molecule has 4 nitrogen and oxygen atoms in total. The lowest BCUT2D eigenvalue weighted by Crippen LogP contribution is -2.29. The molecule has 1 N–H and O–H groups in total. The number of benzene rings is 1. The van der Waals surface area contributed by atoms with Crippen LogP contribution in [0.5, 0.6) is 0 Å². The Balaban J connectivity index is 2.31. The summed E-state index contributed by atoms with van der Waals surface area (Å²) in [7, 11) is -2.06. The first kappa shape index (κ1) is 16.5. The van der Waals surface area contributed by atoms with Gasteiger partial charge in [0.15, 0.2) is 0 Å². The number of hydrogen-bond acceptors (Lipinski definition) is 4. The van der Waals surface area contributed by atoms with Crippen LogP contribution in [0.15, 0.2) is 40.6 Å². The van der Waals surface area contributed by atoms with Gasteiger partial charge in [0.2, 0.25) is 10.0 Å². The molecule has 1 aromatic heterocycles. The maximum atomic E-state index is 12.6. The van der Waals surface area contributed by atoms with E-state index in [2.05, 4.69) is 0 Å². The van der Waals surface area contributed by atoms with Gasteiger partial charge in [0, 0.05) is 28.4 Å². The third-order valence-electron chi connectivity index (χ3n) is 3.34. The molecule has 0 radical (unpaired) electrons. The average molecular weight is 346 g/mol. The molecule has 1 atom stereocenters. The standard InChI is InChI=1S/C14H16ClNO3S2/c1-10(11-4-3-5-12(15)6-11)16(2)21(18,19)14-7-13(8-17)20-9-14/h3-7,9-10,17H,8H2,1-2H3. The van der Waals surface area contributed by atoms with E-state index in [1.165, 1.54) is 28.8 Å². The highest BCUT2D eigenvalue weighted by atomic mass is 35.5. The van der Waals surface area contributed by atoms with E-state index >= 15 is 0 Å². The monoisotopic (exact) mass is 345 g/mol. The van der Waals surface area contributed by atoms with Crippen molar-refractivity contribution in [2.45, 2.75) is 24.5 Å². The molecule has 0 fully saturated rings. The Kier molecular flexibility index (Phi) is 5.06. The predicted molar refractivity (Wildman–Crippen MR) is 85.1 cm³/mol. The van der Waals surface area contributed by atoms with E-state index in [1.54, 1.807) is 23.6 Å². The molecule has 2 rings (SSSR count). The van der Waals surface area contributed by atoms with Crippen molar-refractivity contribution in [3.05, 3.63) is 51.2 Å². The SMILES string of the molecule is CC(c1cccc(Cl)c1)N(C)S(=O)(=O)c1csc(CO)c1. The van der Waals surface area contributed by atoms with Crippen LogP contribution >= 0.6 is 22.9 Å². The Morgan fingerprint density at radius 2 is 2.10 bits per heavy atom. The maximum Gasteiger partial charge on any atom is 0.244 e. The van der Waals surface area contributed by atoms with Crippen molar-refractivity contribution < 1.29 is 13.5 Å². The first-order chi connectivity index (χ1) is 9.86. The van der Waals surface area contributed by atoms with E-state index in [9.17, 15) is 8.42 Å². The normalized spacial score (nSPS) is 13.6. The molecule has 21 heavy (non-hydrogen) atoms. The first-order valence-corrected chi connectivity index (χ1v) is 8.98. The second-order valence-electron chi connectivity index (χ2n) is 4.66. The van der Waals surface area contributed by atoms with Crippen LogP contribution in [0.2, 0.25) is 5.02 Å². The molecule has 0 amide bonds. The number of rotatable bonds is 5. The summed E-state index contributed by atoms with van der Waals surface area (Å²) in [5, 5.41) is 11.2.